The third-order valence-corrected chi connectivity index (χ3v) is 3.39. The van der Waals surface area contributed by atoms with Crippen LogP contribution in [0.5, 0.6) is 5.75 Å². The van der Waals surface area contributed by atoms with Crippen molar-refractivity contribution in [2.24, 2.45) is 0 Å². The average Bonchev–Trinajstić information content (AvgIpc) is 2.53. The van der Waals surface area contributed by atoms with E-state index in [0.29, 0.717) is 0 Å². The molecule has 0 saturated heterocycles. The summed E-state index contributed by atoms with van der Waals surface area (Å²) >= 11 is 0. The summed E-state index contributed by atoms with van der Waals surface area (Å²) in [4.78, 5) is 0. The molecule has 0 aliphatic rings. The van der Waals surface area contributed by atoms with Gasteiger partial charge in [0.05, 0.1) is 7.11 Å². The molecule has 0 atom stereocenters. The maximum Gasteiger partial charge on any atom is 0.118 e. The summed E-state index contributed by atoms with van der Waals surface area (Å²) in [5.74, 6) is 0.898. The number of hydrogen-bond donors (Lipinski definition) is 0. The molecular formula is C19H22O. The topological polar surface area (TPSA) is 9.23 Å². The predicted octanol–water partition coefficient (Wildman–Crippen LogP) is 5.32. The SMILES string of the molecule is CCCC/C=C(\c1ccccc1)c1ccc(OC)cc1. The third-order valence-electron chi connectivity index (χ3n) is 3.39. The van der Waals surface area contributed by atoms with Gasteiger partial charge < -0.3 is 4.74 Å². The van der Waals surface area contributed by atoms with Gasteiger partial charge in [-0.25, -0.2) is 0 Å². The first-order valence-corrected chi connectivity index (χ1v) is 7.25. The first-order valence-electron chi connectivity index (χ1n) is 7.25. The highest BCUT2D eigenvalue weighted by Gasteiger charge is 2.04. The van der Waals surface area contributed by atoms with Gasteiger partial charge in [0.15, 0.2) is 0 Å². The molecule has 0 unspecified atom stereocenters. The van der Waals surface area contributed by atoms with Gasteiger partial charge in [0.2, 0.25) is 0 Å². The van der Waals surface area contributed by atoms with Crippen LogP contribution in [-0.2, 0) is 0 Å². The highest BCUT2D eigenvalue weighted by molar-refractivity contribution is 5.79. The Labute approximate surface area is 121 Å². The van der Waals surface area contributed by atoms with Crippen LogP contribution in [0, 0.1) is 0 Å². The minimum Gasteiger partial charge on any atom is -0.497 e. The lowest BCUT2D eigenvalue weighted by Gasteiger charge is -2.10. The molecule has 2 aromatic rings. The van der Waals surface area contributed by atoms with Gasteiger partial charge >= 0.3 is 0 Å². The first kappa shape index (κ1) is 14.4. The molecule has 0 aromatic heterocycles. The molecule has 1 heteroatoms. The van der Waals surface area contributed by atoms with Gasteiger partial charge in [0.1, 0.15) is 5.75 Å². The van der Waals surface area contributed by atoms with Crippen molar-refractivity contribution in [2.75, 3.05) is 7.11 Å². The lowest BCUT2D eigenvalue weighted by molar-refractivity contribution is 0.415. The Morgan fingerprint density at radius 2 is 1.60 bits per heavy atom. The number of allylic oxidation sites excluding steroid dienone is 1. The molecule has 0 radical (unpaired) electrons. The fourth-order valence-corrected chi connectivity index (χ4v) is 2.24. The number of rotatable bonds is 6. The van der Waals surface area contributed by atoms with Crippen molar-refractivity contribution in [3.8, 4) is 5.75 Å². The normalized spacial score (nSPS) is 11.4. The van der Waals surface area contributed by atoms with Gasteiger partial charge in [0, 0.05) is 0 Å². The Morgan fingerprint density at radius 3 is 2.20 bits per heavy atom. The number of hydrogen-bond acceptors (Lipinski definition) is 1. The van der Waals surface area contributed by atoms with Gasteiger partial charge in [-0.3, -0.25) is 0 Å². The summed E-state index contributed by atoms with van der Waals surface area (Å²) in [7, 11) is 1.70. The van der Waals surface area contributed by atoms with Gasteiger partial charge in [-0.1, -0.05) is 68.3 Å². The van der Waals surface area contributed by atoms with E-state index >= 15 is 0 Å². The fraction of sp³-hybridized carbons (Fsp3) is 0.263. The Kier molecular flexibility index (Phi) is 5.43. The molecule has 0 N–H and O–H groups in total. The monoisotopic (exact) mass is 266 g/mol. The van der Waals surface area contributed by atoms with Gasteiger partial charge in [-0.2, -0.15) is 0 Å². The molecule has 0 bridgehead atoms. The standard InChI is InChI=1S/C19H22O/c1-3-4-6-11-19(16-9-7-5-8-10-16)17-12-14-18(20-2)15-13-17/h5,7-15H,3-4,6H2,1-2H3/b19-11+. The molecule has 0 fully saturated rings. The second kappa shape index (κ2) is 7.54. The molecule has 2 rings (SSSR count). The third kappa shape index (κ3) is 3.74. The van der Waals surface area contributed by atoms with Crippen molar-refractivity contribution < 1.29 is 4.74 Å². The summed E-state index contributed by atoms with van der Waals surface area (Å²) in [5.41, 5.74) is 3.82. The van der Waals surface area contributed by atoms with E-state index in [1.165, 1.54) is 29.5 Å². The molecule has 0 aliphatic heterocycles. The van der Waals surface area contributed by atoms with E-state index in [1.54, 1.807) is 7.11 Å². The highest BCUT2D eigenvalue weighted by atomic mass is 16.5. The second-order valence-electron chi connectivity index (χ2n) is 4.85. The number of unbranched alkanes of at least 4 members (excludes halogenated alkanes) is 2. The summed E-state index contributed by atoms with van der Waals surface area (Å²) in [6.07, 6.45) is 5.92. The van der Waals surface area contributed by atoms with E-state index < -0.39 is 0 Å². The quantitative estimate of drug-likeness (QED) is 0.643. The van der Waals surface area contributed by atoms with Crippen molar-refractivity contribution in [1.82, 2.24) is 0 Å². The molecule has 1 nitrogen and oxygen atoms in total. The van der Waals surface area contributed by atoms with E-state index in [0.717, 1.165) is 12.2 Å². The van der Waals surface area contributed by atoms with Crippen LogP contribution in [0.1, 0.15) is 37.3 Å². The molecule has 0 saturated carbocycles. The largest absolute Gasteiger partial charge is 0.497 e. The Hall–Kier alpha value is -2.02. The maximum absolute atomic E-state index is 5.23. The van der Waals surface area contributed by atoms with Crippen LogP contribution in [0.3, 0.4) is 0 Å². The predicted molar refractivity (Wildman–Crippen MR) is 86.0 cm³/mol. The Balaban J connectivity index is 2.32. The Bertz CT molecular complexity index is 538. The minimum atomic E-state index is 0.898. The molecule has 0 spiro atoms. The summed E-state index contributed by atoms with van der Waals surface area (Å²) < 4.78 is 5.23. The van der Waals surface area contributed by atoms with E-state index in [4.69, 9.17) is 4.74 Å². The van der Waals surface area contributed by atoms with Crippen LogP contribution in [0.4, 0.5) is 0 Å². The summed E-state index contributed by atoms with van der Waals surface area (Å²) in [6, 6.07) is 18.9. The zero-order valence-electron chi connectivity index (χ0n) is 12.3. The highest BCUT2D eigenvalue weighted by Crippen LogP contribution is 2.26. The summed E-state index contributed by atoms with van der Waals surface area (Å²) in [5, 5.41) is 0. The average molecular weight is 266 g/mol. The maximum atomic E-state index is 5.23. The van der Waals surface area contributed by atoms with Crippen molar-refractivity contribution in [3.05, 3.63) is 71.8 Å². The number of ether oxygens (including phenoxy) is 1. The van der Waals surface area contributed by atoms with Crippen molar-refractivity contribution in [3.63, 3.8) is 0 Å². The molecule has 20 heavy (non-hydrogen) atoms. The van der Waals surface area contributed by atoms with Crippen molar-refractivity contribution in [2.45, 2.75) is 26.2 Å². The van der Waals surface area contributed by atoms with Crippen molar-refractivity contribution in [1.29, 1.82) is 0 Å². The van der Waals surface area contributed by atoms with Crippen LogP contribution in [0.15, 0.2) is 60.7 Å². The van der Waals surface area contributed by atoms with E-state index in [-0.39, 0.29) is 0 Å². The van der Waals surface area contributed by atoms with E-state index in [9.17, 15) is 0 Å². The number of benzene rings is 2. The van der Waals surface area contributed by atoms with Crippen molar-refractivity contribution >= 4 is 5.57 Å². The molecule has 0 aliphatic carbocycles. The second-order valence-corrected chi connectivity index (χ2v) is 4.85. The minimum absolute atomic E-state index is 0.898. The number of methoxy groups -OCH3 is 1. The Morgan fingerprint density at radius 1 is 0.950 bits per heavy atom. The van der Waals surface area contributed by atoms with E-state index in [2.05, 4.69) is 55.5 Å². The van der Waals surface area contributed by atoms with Crippen LogP contribution >= 0.6 is 0 Å². The smallest absolute Gasteiger partial charge is 0.118 e. The molecule has 104 valence electrons. The zero-order chi connectivity index (χ0) is 14.2. The van der Waals surface area contributed by atoms with Crippen LogP contribution in [-0.4, -0.2) is 7.11 Å². The molecular weight excluding hydrogens is 244 g/mol. The fourth-order valence-electron chi connectivity index (χ4n) is 2.24. The van der Waals surface area contributed by atoms with Crippen LogP contribution < -0.4 is 4.74 Å². The lowest BCUT2D eigenvalue weighted by Crippen LogP contribution is -1.89. The van der Waals surface area contributed by atoms with Gasteiger partial charge in [-0.05, 0) is 35.3 Å². The zero-order valence-corrected chi connectivity index (χ0v) is 12.3. The van der Waals surface area contributed by atoms with Crippen LogP contribution in [0.2, 0.25) is 0 Å². The molecule has 0 amide bonds. The lowest BCUT2D eigenvalue weighted by atomic mass is 9.96. The van der Waals surface area contributed by atoms with Gasteiger partial charge in [0.25, 0.3) is 0 Å². The van der Waals surface area contributed by atoms with E-state index in [1.807, 2.05) is 12.1 Å². The summed E-state index contributed by atoms with van der Waals surface area (Å²) in [6.45, 7) is 2.23. The molecule has 0 heterocycles. The first-order chi connectivity index (χ1) is 9.85. The molecule has 2 aromatic carbocycles. The van der Waals surface area contributed by atoms with Gasteiger partial charge in [-0.15, -0.1) is 0 Å². The van der Waals surface area contributed by atoms with Crippen LogP contribution in [0.25, 0.3) is 5.57 Å².